The normalized spacial score (nSPS) is 12.8. The minimum absolute atomic E-state index is 0.122. The molecule has 3 rings (SSSR count). The molecule has 2 aromatic carbocycles. The van der Waals surface area contributed by atoms with Crippen LogP contribution < -0.4 is 0 Å². The van der Waals surface area contributed by atoms with Gasteiger partial charge in [-0.05, 0) is 24.3 Å². The fourth-order valence-electron chi connectivity index (χ4n) is 2.41. The molecule has 0 aliphatic rings. The number of hydrogen-bond acceptors (Lipinski definition) is 4. The average molecular weight is 360 g/mol. The van der Waals surface area contributed by atoms with E-state index in [1.165, 1.54) is 24.4 Å². The van der Waals surface area contributed by atoms with Crippen LogP contribution in [0.3, 0.4) is 0 Å². The van der Waals surface area contributed by atoms with Gasteiger partial charge in [0.05, 0.1) is 4.90 Å². The zero-order chi connectivity index (χ0) is 17.2. The SMILES string of the molecule is O=S(=O)(c1ccccc1)c1ncccc1C(O)c1ccccc1Cl. The van der Waals surface area contributed by atoms with E-state index in [0.717, 1.165) is 0 Å². The van der Waals surface area contributed by atoms with E-state index < -0.39 is 15.9 Å². The summed E-state index contributed by atoms with van der Waals surface area (Å²) in [5, 5.41) is 10.9. The second kappa shape index (κ2) is 6.73. The second-order valence-electron chi connectivity index (χ2n) is 5.14. The number of benzene rings is 2. The lowest BCUT2D eigenvalue weighted by Gasteiger charge is -2.16. The maximum absolute atomic E-state index is 12.9. The van der Waals surface area contributed by atoms with Crippen LogP contribution in [-0.4, -0.2) is 18.5 Å². The maximum atomic E-state index is 12.9. The number of pyridine rings is 1. The molecule has 0 aliphatic carbocycles. The molecule has 0 spiro atoms. The van der Waals surface area contributed by atoms with Crippen molar-refractivity contribution < 1.29 is 13.5 Å². The molecule has 1 aromatic heterocycles. The summed E-state index contributed by atoms with van der Waals surface area (Å²) in [5.41, 5.74) is 0.617. The van der Waals surface area contributed by atoms with Gasteiger partial charge in [0.1, 0.15) is 6.10 Å². The molecule has 3 aromatic rings. The standard InChI is InChI=1S/C18H14ClNO3S/c19-16-11-5-4-9-14(16)17(21)15-10-6-12-20-18(15)24(22,23)13-7-2-1-3-8-13/h1-12,17,21H. The summed E-state index contributed by atoms with van der Waals surface area (Å²) in [5.74, 6) is 0. The molecular formula is C18H14ClNO3S. The highest BCUT2D eigenvalue weighted by Gasteiger charge is 2.27. The van der Waals surface area contributed by atoms with Crippen molar-refractivity contribution in [1.82, 2.24) is 4.98 Å². The van der Waals surface area contributed by atoms with Gasteiger partial charge in [0.2, 0.25) is 9.84 Å². The van der Waals surface area contributed by atoms with Gasteiger partial charge in [0, 0.05) is 22.3 Å². The quantitative estimate of drug-likeness (QED) is 0.772. The van der Waals surface area contributed by atoms with Gasteiger partial charge in [0.25, 0.3) is 0 Å². The topological polar surface area (TPSA) is 67.3 Å². The minimum atomic E-state index is -3.85. The van der Waals surface area contributed by atoms with Crippen molar-refractivity contribution in [2.45, 2.75) is 16.0 Å². The third kappa shape index (κ3) is 3.06. The van der Waals surface area contributed by atoms with E-state index in [2.05, 4.69) is 4.98 Å². The molecule has 1 heterocycles. The first-order valence-electron chi connectivity index (χ1n) is 7.19. The van der Waals surface area contributed by atoms with E-state index in [1.54, 1.807) is 48.5 Å². The molecule has 0 aliphatic heterocycles. The Morgan fingerprint density at radius 1 is 0.875 bits per heavy atom. The maximum Gasteiger partial charge on any atom is 0.224 e. The van der Waals surface area contributed by atoms with Crippen molar-refractivity contribution in [3.8, 4) is 0 Å². The molecule has 0 bridgehead atoms. The molecule has 122 valence electrons. The highest BCUT2D eigenvalue weighted by molar-refractivity contribution is 7.91. The molecule has 1 N–H and O–H groups in total. The summed E-state index contributed by atoms with van der Waals surface area (Å²) < 4.78 is 25.7. The van der Waals surface area contributed by atoms with Gasteiger partial charge in [-0.3, -0.25) is 0 Å². The van der Waals surface area contributed by atoms with Gasteiger partial charge < -0.3 is 5.11 Å². The molecule has 4 nitrogen and oxygen atoms in total. The van der Waals surface area contributed by atoms with Crippen LogP contribution >= 0.6 is 11.6 Å². The van der Waals surface area contributed by atoms with Crippen LogP contribution in [0.5, 0.6) is 0 Å². The third-order valence-electron chi connectivity index (χ3n) is 3.60. The fourth-order valence-corrected chi connectivity index (χ4v) is 4.08. The van der Waals surface area contributed by atoms with Gasteiger partial charge in [-0.15, -0.1) is 0 Å². The number of aliphatic hydroxyl groups excluding tert-OH is 1. The van der Waals surface area contributed by atoms with Crippen molar-refractivity contribution >= 4 is 21.4 Å². The molecule has 6 heteroatoms. The second-order valence-corrected chi connectivity index (χ2v) is 7.41. The first-order valence-corrected chi connectivity index (χ1v) is 9.05. The summed E-state index contributed by atoms with van der Waals surface area (Å²) in [7, 11) is -3.85. The van der Waals surface area contributed by atoms with E-state index in [4.69, 9.17) is 11.6 Å². The van der Waals surface area contributed by atoms with E-state index in [9.17, 15) is 13.5 Å². The zero-order valence-electron chi connectivity index (χ0n) is 12.5. The lowest BCUT2D eigenvalue weighted by atomic mass is 10.0. The van der Waals surface area contributed by atoms with E-state index in [1.807, 2.05) is 0 Å². The molecule has 0 saturated carbocycles. The van der Waals surface area contributed by atoms with Crippen molar-refractivity contribution in [1.29, 1.82) is 0 Å². The monoisotopic (exact) mass is 359 g/mol. The van der Waals surface area contributed by atoms with E-state index >= 15 is 0 Å². The molecule has 1 unspecified atom stereocenters. The number of nitrogens with zero attached hydrogens (tertiary/aromatic N) is 1. The van der Waals surface area contributed by atoms with Gasteiger partial charge in [-0.25, -0.2) is 13.4 Å². The van der Waals surface area contributed by atoms with Crippen LogP contribution in [0, 0.1) is 0 Å². The van der Waals surface area contributed by atoms with Gasteiger partial charge in [0.15, 0.2) is 5.03 Å². The predicted molar refractivity (Wildman–Crippen MR) is 91.6 cm³/mol. The van der Waals surface area contributed by atoms with E-state index in [0.29, 0.717) is 10.6 Å². The first kappa shape index (κ1) is 16.6. The van der Waals surface area contributed by atoms with E-state index in [-0.39, 0.29) is 15.5 Å². The fraction of sp³-hybridized carbons (Fsp3) is 0.0556. The molecule has 0 amide bonds. The largest absolute Gasteiger partial charge is 0.383 e. The summed E-state index contributed by atoms with van der Waals surface area (Å²) in [6, 6.07) is 17.9. The van der Waals surface area contributed by atoms with Gasteiger partial charge in [-0.2, -0.15) is 0 Å². The molecule has 0 saturated heterocycles. The lowest BCUT2D eigenvalue weighted by Crippen LogP contribution is -2.12. The van der Waals surface area contributed by atoms with Crippen molar-refractivity contribution in [3.05, 3.63) is 89.1 Å². The van der Waals surface area contributed by atoms with Crippen molar-refractivity contribution in [3.63, 3.8) is 0 Å². The third-order valence-corrected chi connectivity index (χ3v) is 5.69. The number of aromatic nitrogens is 1. The molecule has 1 atom stereocenters. The number of rotatable bonds is 4. The number of aliphatic hydroxyl groups is 1. The van der Waals surface area contributed by atoms with Crippen LogP contribution in [-0.2, 0) is 9.84 Å². The lowest BCUT2D eigenvalue weighted by molar-refractivity contribution is 0.216. The first-order chi connectivity index (χ1) is 11.5. The minimum Gasteiger partial charge on any atom is -0.383 e. The Morgan fingerprint density at radius 3 is 2.21 bits per heavy atom. The van der Waals surface area contributed by atoms with Crippen molar-refractivity contribution in [2.75, 3.05) is 0 Å². The van der Waals surface area contributed by atoms with Crippen LogP contribution in [0.4, 0.5) is 0 Å². The van der Waals surface area contributed by atoms with Crippen LogP contribution in [0.2, 0.25) is 5.02 Å². The van der Waals surface area contributed by atoms with Crippen LogP contribution in [0.15, 0.2) is 82.8 Å². The average Bonchev–Trinajstić information content (AvgIpc) is 2.62. The smallest absolute Gasteiger partial charge is 0.224 e. The Morgan fingerprint density at radius 2 is 1.50 bits per heavy atom. The highest BCUT2D eigenvalue weighted by Crippen LogP contribution is 2.32. The Balaban J connectivity index is 2.15. The van der Waals surface area contributed by atoms with Gasteiger partial charge >= 0.3 is 0 Å². The Hall–Kier alpha value is -2.21. The predicted octanol–water partition coefficient (Wildman–Crippen LogP) is 3.65. The number of sulfone groups is 1. The summed E-state index contributed by atoms with van der Waals surface area (Å²) in [4.78, 5) is 4.13. The summed E-state index contributed by atoms with van der Waals surface area (Å²) >= 11 is 6.12. The Kier molecular flexibility index (Phi) is 4.66. The van der Waals surface area contributed by atoms with Gasteiger partial charge in [-0.1, -0.05) is 54.1 Å². The zero-order valence-corrected chi connectivity index (χ0v) is 14.1. The molecule has 24 heavy (non-hydrogen) atoms. The summed E-state index contributed by atoms with van der Waals surface area (Å²) in [6.45, 7) is 0. The van der Waals surface area contributed by atoms with Crippen molar-refractivity contribution in [2.24, 2.45) is 0 Å². The molecule has 0 fully saturated rings. The Labute approximate surface area is 145 Å². The number of hydrogen-bond donors (Lipinski definition) is 1. The molecular weight excluding hydrogens is 346 g/mol. The highest BCUT2D eigenvalue weighted by atomic mass is 35.5. The Bertz CT molecular complexity index is 959. The van der Waals surface area contributed by atoms with Crippen LogP contribution in [0.25, 0.3) is 0 Å². The van der Waals surface area contributed by atoms with Crippen LogP contribution in [0.1, 0.15) is 17.2 Å². The number of halogens is 1. The molecule has 0 radical (unpaired) electrons. The summed E-state index contributed by atoms with van der Waals surface area (Å²) in [6.07, 6.45) is 0.194.